The Hall–Kier alpha value is -2.14. The lowest BCUT2D eigenvalue weighted by molar-refractivity contribution is -0.146. The summed E-state index contributed by atoms with van der Waals surface area (Å²) >= 11 is 0. The van der Waals surface area contributed by atoms with Crippen LogP contribution in [-0.4, -0.2) is 76.5 Å². The lowest BCUT2D eigenvalue weighted by atomic mass is 10.2. The molecule has 0 aliphatic carbocycles. The van der Waals surface area contributed by atoms with Crippen LogP contribution in [0.25, 0.3) is 0 Å². The number of carbonyl (C=O) groups excluding carboxylic acids is 3. The van der Waals surface area contributed by atoms with Crippen LogP contribution in [-0.2, 0) is 37.6 Å². The van der Waals surface area contributed by atoms with Gasteiger partial charge in [0.2, 0.25) is 0 Å². The predicted octanol–water partition coefficient (Wildman–Crippen LogP) is 2.69. The third kappa shape index (κ3) is 16.5. The molecule has 0 aromatic rings. The van der Waals surface area contributed by atoms with E-state index in [9.17, 15) is 29.2 Å². The number of esters is 3. The van der Waals surface area contributed by atoms with E-state index in [1.165, 1.54) is 20.8 Å². The zero-order valence-electron chi connectivity index (χ0n) is 21.4. The minimum atomic E-state index is -4.15. The normalized spacial score (nSPS) is 12.1. The van der Waals surface area contributed by atoms with E-state index in [2.05, 4.69) is 24.3 Å². The van der Waals surface area contributed by atoms with Crippen molar-refractivity contribution in [3.63, 3.8) is 0 Å². The van der Waals surface area contributed by atoms with E-state index in [1.54, 1.807) is 0 Å². The summed E-state index contributed by atoms with van der Waals surface area (Å²) in [7, 11) is -6.01. The summed E-state index contributed by atoms with van der Waals surface area (Å²) in [5, 5.41) is 9.37. The van der Waals surface area contributed by atoms with E-state index in [0.717, 1.165) is 0 Å². The van der Waals surface area contributed by atoms with Gasteiger partial charge in [0.25, 0.3) is 9.04 Å². The molecule has 0 heterocycles. The maximum atomic E-state index is 11.6. The molecule has 1 unspecified atom stereocenters. The van der Waals surface area contributed by atoms with Crippen LogP contribution in [0.1, 0.15) is 46.5 Å². The van der Waals surface area contributed by atoms with Gasteiger partial charge in [0.1, 0.15) is 0 Å². The molecule has 0 saturated heterocycles. The molecule has 1 atom stereocenters. The smallest absolute Gasteiger partial charge is 0.462 e. The zero-order chi connectivity index (χ0) is 27.7. The molecule has 0 spiro atoms. The Labute approximate surface area is 215 Å². The van der Waals surface area contributed by atoms with E-state index < -0.39 is 41.9 Å². The van der Waals surface area contributed by atoms with E-state index in [4.69, 9.17) is 18.6 Å². The molecule has 13 heteroatoms. The summed E-state index contributed by atoms with van der Waals surface area (Å²) < 4.78 is 25.3. The molecule has 3 N–H and O–H groups in total. The summed E-state index contributed by atoms with van der Waals surface area (Å²) in [4.78, 5) is 55.4. The first-order chi connectivity index (χ1) is 16.8. The van der Waals surface area contributed by atoms with Gasteiger partial charge in [0, 0.05) is 28.9 Å². The van der Waals surface area contributed by atoms with Crippen molar-refractivity contribution in [1.29, 1.82) is 0 Å². The third-order valence-electron chi connectivity index (χ3n) is 4.60. The summed E-state index contributed by atoms with van der Waals surface area (Å²) in [6, 6.07) is 0.485. The van der Waals surface area contributed by atoms with Crippen LogP contribution in [0.4, 0.5) is 0 Å². The van der Waals surface area contributed by atoms with Crippen molar-refractivity contribution < 1.29 is 52.4 Å². The fourth-order valence-corrected chi connectivity index (χ4v) is 6.04. The first-order valence-corrected chi connectivity index (χ1v) is 15.4. The number of hydrogen-bond acceptors (Lipinski definition) is 11. The highest BCUT2D eigenvalue weighted by Gasteiger charge is 2.36. The average Bonchev–Trinajstić information content (AvgIpc) is 2.80. The molecular weight excluding hydrogens is 508 g/mol. The monoisotopic (exact) mass is 547 g/mol. The van der Waals surface area contributed by atoms with E-state index >= 15 is 0 Å². The lowest BCUT2D eigenvalue weighted by Crippen LogP contribution is -2.44. The number of carbonyl (C=O) groups is 3. The second-order valence-corrected chi connectivity index (χ2v) is 12.8. The SMILES string of the molecule is C=C(C)C(=O)OCCCC(C[Si](CCCOC(=O)C(=C)C)OO)O[Si](O)(O)CCCOC(=O)C(=C)C. The Morgan fingerprint density at radius 3 is 1.69 bits per heavy atom. The molecule has 0 aliphatic rings. The zero-order valence-corrected chi connectivity index (χ0v) is 23.4. The number of hydrogen-bond donors (Lipinski definition) is 3. The van der Waals surface area contributed by atoms with Gasteiger partial charge < -0.3 is 28.2 Å². The first kappa shape index (κ1) is 33.9. The fraction of sp³-hybridized carbons (Fsp3) is 0.609. The van der Waals surface area contributed by atoms with Gasteiger partial charge in [-0.3, -0.25) is 9.83 Å². The summed E-state index contributed by atoms with van der Waals surface area (Å²) in [6.45, 7) is 15.2. The third-order valence-corrected chi connectivity index (χ3v) is 8.40. The molecule has 0 rings (SSSR count). The van der Waals surface area contributed by atoms with Crippen molar-refractivity contribution in [1.82, 2.24) is 0 Å². The Kier molecular flexibility index (Phi) is 17.1. The second-order valence-electron chi connectivity index (χ2n) is 8.42. The molecule has 1 radical (unpaired) electrons. The summed E-state index contributed by atoms with van der Waals surface area (Å²) in [5.41, 5.74) is 0.781. The quantitative estimate of drug-likeness (QED) is 0.0391. The molecule has 0 aromatic carbocycles. The van der Waals surface area contributed by atoms with Crippen molar-refractivity contribution >= 4 is 35.8 Å². The van der Waals surface area contributed by atoms with Gasteiger partial charge in [0.05, 0.1) is 19.8 Å². The van der Waals surface area contributed by atoms with Crippen molar-refractivity contribution in [3.05, 3.63) is 36.5 Å². The van der Waals surface area contributed by atoms with Crippen LogP contribution in [0.2, 0.25) is 18.1 Å². The van der Waals surface area contributed by atoms with Gasteiger partial charge in [-0.25, -0.2) is 14.4 Å². The van der Waals surface area contributed by atoms with Crippen molar-refractivity contribution in [2.24, 2.45) is 0 Å². The maximum absolute atomic E-state index is 11.6. The molecule has 0 aliphatic heterocycles. The topological polar surface area (TPSA) is 158 Å². The van der Waals surface area contributed by atoms with Gasteiger partial charge in [-0.1, -0.05) is 19.7 Å². The second kappa shape index (κ2) is 18.2. The van der Waals surface area contributed by atoms with Crippen LogP contribution in [0.3, 0.4) is 0 Å². The Balaban J connectivity index is 4.91. The standard InChI is InChI=1S/C23H39O11Si2/c1-17(2)21(24)30-11-7-10-20(16-35(34-27)14-8-12-31-22(25)18(3)4)33-36(28,29)15-9-13-32-23(26)19(5)6/h20,27-29H,1,3,5,7-16H2,2,4,6H3. The lowest BCUT2D eigenvalue weighted by Gasteiger charge is -2.27. The first-order valence-electron chi connectivity index (χ1n) is 11.6. The molecule has 0 saturated carbocycles. The van der Waals surface area contributed by atoms with E-state index in [0.29, 0.717) is 25.3 Å². The number of rotatable bonds is 20. The van der Waals surface area contributed by atoms with E-state index in [-0.39, 0.29) is 55.0 Å². The summed E-state index contributed by atoms with van der Waals surface area (Å²) in [6.07, 6.45) is 0.551. The van der Waals surface area contributed by atoms with Crippen LogP contribution in [0.5, 0.6) is 0 Å². The van der Waals surface area contributed by atoms with Crippen LogP contribution < -0.4 is 0 Å². The predicted molar refractivity (Wildman–Crippen MR) is 135 cm³/mol. The molecular formula is C23H39O11Si2. The van der Waals surface area contributed by atoms with Crippen molar-refractivity contribution in [2.75, 3.05) is 19.8 Å². The molecule has 11 nitrogen and oxygen atoms in total. The van der Waals surface area contributed by atoms with Crippen LogP contribution in [0.15, 0.2) is 36.5 Å². The van der Waals surface area contributed by atoms with Gasteiger partial charge >= 0.3 is 26.7 Å². The highest BCUT2D eigenvalue weighted by atomic mass is 28.4. The highest BCUT2D eigenvalue weighted by Crippen LogP contribution is 2.20. The van der Waals surface area contributed by atoms with Gasteiger partial charge in [-0.05, 0) is 58.5 Å². The maximum Gasteiger partial charge on any atom is 0.495 e. The molecule has 0 bridgehead atoms. The molecule has 0 amide bonds. The van der Waals surface area contributed by atoms with Crippen molar-refractivity contribution in [2.45, 2.75) is 70.7 Å². The summed E-state index contributed by atoms with van der Waals surface area (Å²) in [5.74, 6) is -1.61. The molecule has 0 aromatic heterocycles. The van der Waals surface area contributed by atoms with Gasteiger partial charge in [0.15, 0.2) is 0 Å². The molecule has 0 fully saturated rings. The van der Waals surface area contributed by atoms with E-state index in [1.807, 2.05) is 0 Å². The fourth-order valence-electron chi connectivity index (χ4n) is 2.71. The minimum Gasteiger partial charge on any atom is -0.462 e. The Morgan fingerprint density at radius 2 is 1.25 bits per heavy atom. The van der Waals surface area contributed by atoms with Gasteiger partial charge in [-0.2, -0.15) is 0 Å². The molecule has 205 valence electrons. The van der Waals surface area contributed by atoms with Gasteiger partial charge in [-0.15, -0.1) is 0 Å². The van der Waals surface area contributed by atoms with Crippen LogP contribution >= 0.6 is 0 Å². The minimum absolute atomic E-state index is 0.0237. The Bertz CT molecular complexity index is 767. The largest absolute Gasteiger partial charge is 0.495 e. The van der Waals surface area contributed by atoms with Crippen LogP contribution in [0, 0.1) is 0 Å². The average molecular weight is 548 g/mol. The van der Waals surface area contributed by atoms with Crippen molar-refractivity contribution in [3.8, 4) is 0 Å². The number of ether oxygens (including phenoxy) is 3. The highest BCUT2D eigenvalue weighted by molar-refractivity contribution is 6.58. The molecule has 36 heavy (non-hydrogen) atoms. The Morgan fingerprint density at radius 1 is 0.806 bits per heavy atom.